The van der Waals surface area contributed by atoms with Crippen LogP contribution >= 0.6 is 0 Å². The first kappa shape index (κ1) is 22.5. The Labute approximate surface area is 194 Å². The van der Waals surface area contributed by atoms with Crippen molar-refractivity contribution in [3.63, 3.8) is 0 Å². The summed E-state index contributed by atoms with van der Waals surface area (Å²) in [6.45, 7) is 9.60. The minimum atomic E-state index is -0.530. The van der Waals surface area contributed by atoms with Gasteiger partial charge in [-0.3, -0.25) is 4.79 Å². The number of fused-ring (bicyclic) bond motifs is 3. The highest BCUT2D eigenvalue weighted by Crippen LogP contribution is 2.53. The summed E-state index contributed by atoms with van der Waals surface area (Å²) < 4.78 is 10.4. The largest absolute Gasteiger partial charge is 0.462 e. The number of rotatable bonds is 7. The Morgan fingerprint density at radius 1 is 0.939 bits per heavy atom. The minimum Gasteiger partial charge on any atom is -0.462 e. The van der Waals surface area contributed by atoms with Crippen LogP contribution in [-0.2, 0) is 24.5 Å². The van der Waals surface area contributed by atoms with Crippen LogP contribution in [0.15, 0.2) is 97.1 Å². The first-order valence-corrected chi connectivity index (χ1v) is 11.2. The van der Waals surface area contributed by atoms with Crippen molar-refractivity contribution in [2.45, 2.75) is 31.1 Å². The number of esters is 2. The van der Waals surface area contributed by atoms with Crippen LogP contribution in [-0.4, -0.2) is 25.2 Å². The van der Waals surface area contributed by atoms with Crippen molar-refractivity contribution in [3.05, 3.63) is 119 Å². The number of carbonyl (C=O) groups is 2. The molecule has 0 N–H and O–H groups in total. The third-order valence-electron chi connectivity index (χ3n) is 6.40. The van der Waals surface area contributed by atoms with Gasteiger partial charge in [0.25, 0.3) is 0 Å². The molecule has 2 aliphatic rings. The Kier molecular flexibility index (Phi) is 6.45. The van der Waals surface area contributed by atoms with Gasteiger partial charge in [-0.1, -0.05) is 86.0 Å². The minimum absolute atomic E-state index is 0.0110. The lowest BCUT2D eigenvalue weighted by atomic mass is 9.59. The van der Waals surface area contributed by atoms with Gasteiger partial charge in [0.05, 0.1) is 0 Å². The lowest BCUT2D eigenvalue weighted by Gasteiger charge is -2.44. The normalized spacial score (nSPS) is 22.1. The number of hydrogen-bond donors (Lipinski definition) is 0. The molecule has 0 spiro atoms. The molecule has 0 saturated carbocycles. The van der Waals surface area contributed by atoms with Crippen molar-refractivity contribution in [1.82, 2.24) is 0 Å². The van der Waals surface area contributed by atoms with Crippen LogP contribution in [0.4, 0.5) is 0 Å². The maximum absolute atomic E-state index is 12.6. The highest BCUT2D eigenvalue weighted by Gasteiger charge is 2.44. The smallest absolute Gasteiger partial charge is 0.333 e. The van der Waals surface area contributed by atoms with Gasteiger partial charge in [0.15, 0.2) is 0 Å². The molecule has 2 aromatic carbocycles. The van der Waals surface area contributed by atoms with Crippen molar-refractivity contribution >= 4 is 11.9 Å². The molecular weight excluding hydrogens is 412 g/mol. The summed E-state index contributed by atoms with van der Waals surface area (Å²) in [5.41, 5.74) is 5.55. The van der Waals surface area contributed by atoms with Crippen molar-refractivity contribution in [3.8, 4) is 0 Å². The summed E-state index contributed by atoms with van der Waals surface area (Å²) in [6.07, 6.45) is 9.10. The SMILES string of the molecule is C=C(C)C(=O)OCCOC(=O)CCC12C(=C)/C=C\C=C/C(c3ccccc31)c1ccccc12. The molecule has 0 aromatic heterocycles. The molecule has 2 aromatic rings. The van der Waals surface area contributed by atoms with Crippen LogP contribution in [0.3, 0.4) is 0 Å². The summed E-state index contributed by atoms with van der Waals surface area (Å²) in [6, 6.07) is 16.9. The van der Waals surface area contributed by atoms with Crippen molar-refractivity contribution < 1.29 is 19.1 Å². The Morgan fingerprint density at radius 2 is 1.55 bits per heavy atom. The Hall–Kier alpha value is -3.66. The van der Waals surface area contributed by atoms with E-state index in [1.165, 1.54) is 22.3 Å². The molecule has 0 aliphatic heterocycles. The predicted molar refractivity (Wildman–Crippen MR) is 129 cm³/mol. The summed E-state index contributed by atoms with van der Waals surface area (Å²) in [5, 5.41) is 0. The molecule has 2 bridgehead atoms. The average Bonchev–Trinajstić information content (AvgIpc) is 2.92. The van der Waals surface area contributed by atoms with E-state index >= 15 is 0 Å². The quantitative estimate of drug-likeness (QED) is 0.322. The molecule has 0 unspecified atom stereocenters. The van der Waals surface area contributed by atoms with Gasteiger partial charge in [0.2, 0.25) is 0 Å². The zero-order valence-corrected chi connectivity index (χ0v) is 18.9. The van der Waals surface area contributed by atoms with Crippen molar-refractivity contribution in [2.75, 3.05) is 13.2 Å². The van der Waals surface area contributed by atoms with E-state index in [2.05, 4.69) is 61.7 Å². The standard InChI is InChI=1S/C29H28O4/c1-20(2)28(31)33-19-18-32-27(30)16-17-29-21(3)10-4-5-11-22(23-12-6-8-14-25(23)29)24-13-7-9-15-26(24)29/h4-15,22H,1,3,16-19H2,2H3/b10-4-,11-5-. The molecule has 4 heteroatoms. The van der Waals surface area contributed by atoms with Gasteiger partial charge < -0.3 is 9.47 Å². The second-order valence-corrected chi connectivity index (χ2v) is 8.46. The number of hydrogen-bond acceptors (Lipinski definition) is 4. The predicted octanol–water partition coefficient (Wildman–Crippen LogP) is 5.54. The van der Waals surface area contributed by atoms with Crippen molar-refractivity contribution in [2.24, 2.45) is 0 Å². The second kappa shape index (κ2) is 9.45. The van der Waals surface area contributed by atoms with E-state index < -0.39 is 11.4 Å². The van der Waals surface area contributed by atoms with E-state index in [1.807, 2.05) is 24.3 Å². The van der Waals surface area contributed by atoms with E-state index in [4.69, 9.17) is 9.47 Å². The fraction of sp³-hybridized carbons (Fsp3) is 0.241. The van der Waals surface area contributed by atoms with Gasteiger partial charge in [0.1, 0.15) is 13.2 Å². The molecule has 0 fully saturated rings. The molecule has 0 saturated heterocycles. The van der Waals surface area contributed by atoms with Crippen LogP contribution < -0.4 is 0 Å². The van der Waals surface area contributed by atoms with Crippen LogP contribution in [0, 0.1) is 0 Å². The maximum Gasteiger partial charge on any atom is 0.333 e. The number of carbonyl (C=O) groups excluding carboxylic acids is 2. The number of ether oxygens (including phenoxy) is 2. The van der Waals surface area contributed by atoms with Crippen LogP contribution in [0.2, 0.25) is 0 Å². The zero-order chi connectivity index (χ0) is 23.4. The molecule has 33 heavy (non-hydrogen) atoms. The highest BCUT2D eigenvalue weighted by molar-refractivity contribution is 5.86. The monoisotopic (exact) mass is 440 g/mol. The van der Waals surface area contributed by atoms with Crippen LogP contribution in [0.5, 0.6) is 0 Å². The topological polar surface area (TPSA) is 52.6 Å². The second-order valence-electron chi connectivity index (χ2n) is 8.46. The summed E-state index contributed by atoms with van der Waals surface area (Å²) in [7, 11) is 0. The summed E-state index contributed by atoms with van der Waals surface area (Å²) in [5.74, 6) is -0.671. The zero-order valence-electron chi connectivity index (χ0n) is 18.9. The molecule has 0 heterocycles. The number of benzene rings is 2. The Balaban J connectivity index is 1.62. The lowest BCUT2D eigenvalue weighted by Crippen LogP contribution is -2.36. The fourth-order valence-electron chi connectivity index (χ4n) is 4.87. The van der Waals surface area contributed by atoms with Gasteiger partial charge in [-0.2, -0.15) is 0 Å². The summed E-state index contributed by atoms with van der Waals surface area (Å²) >= 11 is 0. The third kappa shape index (κ3) is 4.21. The molecule has 0 amide bonds. The Morgan fingerprint density at radius 3 is 2.18 bits per heavy atom. The molecule has 0 atom stereocenters. The van der Waals surface area contributed by atoms with E-state index in [1.54, 1.807) is 6.92 Å². The van der Waals surface area contributed by atoms with E-state index in [9.17, 15) is 9.59 Å². The molecular formula is C29H28O4. The van der Waals surface area contributed by atoms with E-state index in [0.29, 0.717) is 12.0 Å². The van der Waals surface area contributed by atoms with Crippen LogP contribution in [0.25, 0.3) is 0 Å². The fourth-order valence-corrected chi connectivity index (χ4v) is 4.87. The first-order valence-electron chi connectivity index (χ1n) is 11.2. The van der Waals surface area contributed by atoms with Gasteiger partial charge in [0, 0.05) is 23.3 Å². The van der Waals surface area contributed by atoms with Gasteiger partial charge in [-0.25, -0.2) is 4.79 Å². The molecule has 4 rings (SSSR count). The third-order valence-corrected chi connectivity index (χ3v) is 6.40. The number of allylic oxidation sites excluding steroid dienone is 5. The first-order chi connectivity index (χ1) is 15.9. The Bertz CT molecular complexity index is 1120. The van der Waals surface area contributed by atoms with Gasteiger partial charge in [-0.05, 0) is 41.2 Å². The maximum atomic E-state index is 12.6. The van der Waals surface area contributed by atoms with E-state index in [0.717, 1.165) is 5.57 Å². The van der Waals surface area contributed by atoms with Crippen molar-refractivity contribution in [1.29, 1.82) is 0 Å². The van der Waals surface area contributed by atoms with Gasteiger partial charge >= 0.3 is 11.9 Å². The molecule has 0 radical (unpaired) electrons. The lowest BCUT2D eigenvalue weighted by molar-refractivity contribution is -0.150. The van der Waals surface area contributed by atoms with Gasteiger partial charge in [-0.15, -0.1) is 0 Å². The summed E-state index contributed by atoms with van der Waals surface area (Å²) in [4.78, 5) is 24.1. The average molecular weight is 441 g/mol. The highest BCUT2D eigenvalue weighted by atomic mass is 16.6. The van der Waals surface area contributed by atoms with E-state index in [-0.39, 0.29) is 31.5 Å². The molecule has 168 valence electrons. The van der Waals surface area contributed by atoms with Crippen LogP contribution in [0.1, 0.15) is 47.9 Å². The molecule has 2 aliphatic carbocycles. The molecule has 4 nitrogen and oxygen atoms in total.